The number of nitrogens with zero attached hydrogens (tertiary/aromatic N) is 3. The quantitative estimate of drug-likeness (QED) is 0.873. The van der Waals surface area contributed by atoms with Crippen molar-refractivity contribution in [1.82, 2.24) is 15.0 Å². The molecule has 0 saturated heterocycles. The van der Waals surface area contributed by atoms with Gasteiger partial charge in [-0.15, -0.1) is 0 Å². The normalized spacial score (nSPS) is 12.4. The predicted octanol–water partition coefficient (Wildman–Crippen LogP) is 3.78. The number of pyridine rings is 1. The predicted molar refractivity (Wildman–Crippen MR) is 89.6 cm³/mol. The van der Waals surface area contributed by atoms with Gasteiger partial charge < -0.3 is 15.2 Å². The van der Waals surface area contributed by atoms with Gasteiger partial charge >= 0.3 is 0 Å². The molecule has 1 unspecified atom stereocenters. The minimum Gasteiger partial charge on any atom is -0.451 e. The molecule has 0 aromatic carbocycles. The van der Waals surface area contributed by atoms with E-state index in [4.69, 9.17) is 15.2 Å². The first-order valence-corrected chi connectivity index (χ1v) is 7.80. The summed E-state index contributed by atoms with van der Waals surface area (Å²) < 4.78 is 11.6. The van der Waals surface area contributed by atoms with Crippen LogP contribution in [0.15, 0.2) is 18.5 Å². The lowest BCUT2D eigenvalue weighted by Gasteiger charge is -2.17. The Bertz CT molecular complexity index is 674. The van der Waals surface area contributed by atoms with E-state index in [0.717, 1.165) is 11.3 Å². The molecule has 0 aliphatic carbocycles. The largest absolute Gasteiger partial charge is 0.451 e. The fourth-order valence-corrected chi connectivity index (χ4v) is 2.22. The van der Waals surface area contributed by atoms with E-state index in [1.54, 1.807) is 13.1 Å². The van der Waals surface area contributed by atoms with Gasteiger partial charge in [-0.25, -0.2) is 9.97 Å². The van der Waals surface area contributed by atoms with Crippen LogP contribution in [-0.2, 0) is 4.74 Å². The molecule has 0 aliphatic heterocycles. The van der Waals surface area contributed by atoms with Crippen LogP contribution >= 0.6 is 0 Å². The Hall–Kier alpha value is -2.21. The molecule has 6 heteroatoms. The minimum absolute atomic E-state index is 0.102. The first kappa shape index (κ1) is 17.1. The van der Waals surface area contributed by atoms with Crippen molar-refractivity contribution in [2.45, 2.75) is 46.6 Å². The lowest BCUT2D eigenvalue weighted by molar-refractivity contribution is 0.0732. The maximum atomic E-state index is 5.98. The smallest absolute Gasteiger partial charge is 0.187 e. The van der Waals surface area contributed by atoms with Crippen molar-refractivity contribution in [1.29, 1.82) is 0 Å². The van der Waals surface area contributed by atoms with Crippen LogP contribution in [0.5, 0.6) is 11.5 Å². The lowest BCUT2D eigenvalue weighted by Crippen LogP contribution is -2.06. The van der Waals surface area contributed by atoms with Gasteiger partial charge in [0.05, 0.1) is 18.0 Å². The van der Waals surface area contributed by atoms with E-state index < -0.39 is 0 Å². The van der Waals surface area contributed by atoms with Crippen molar-refractivity contribution in [2.75, 3.05) is 12.3 Å². The van der Waals surface area contributed by atoms with Crippen molar-refractivity contribution in [3.05, 3.63) is 35.5 Å². The summed E-state index contributed by atoms with van der Waals surface area (Å²) in [5.41, 5.74) is 7.74. The van der Waals surface area contributed by atoms with Gasteiger partial charge in [0.2, 0.25) is 0 Å². The van der Waals surface area contributed by atoms with E-state index in [2.05, 4.69) is 28.8 Å². The van der Waals surface area contributed by atoms with Crippen LogP contribution in [0.1, 0.15) is 56.8 Å². The third-order valence-corrected chi connectivity index (χ3v) is 3.49. The zero-order chi connectivity index (χ0) is 17.0. The second-order valence-electron chi connectivity index (χ2n) is 5.67. The number of nitrogen functional groups attached to an aromatic ring is 1. The number of ether oxygens (including phenoxy) is 2. The fraction of sp³-hybridized carbons (Fsp3) is 0.471. The standard InChI is InChI=1S/C17H24N4O2/c1-6-22-11(4)14-7-15(13(8-20-14)10(2)3)23-16-9-19-12(5)21-17(16)18/h7-11H,6H2,1-5H3,(H2,18,19,21). The molecule has 0 fully saturated rings. The summed E-state index contributed by atoms with van der Waals surface area (Å²) in [5, 5.41) is 0. The van der Waals surface area contributed by atoms with Gasteiger partial charge in [-0.2, -0.15) is 0 Å². The second kappa shape index (κ2) is 7.37. The molecule has 0 radical (unpaired) electrons. The Morgan fingerprint density at radius 1 is 1.13 bits per heavy atom. The summed E-state index contributed by atoms with van der Waals surface area (Å²) in [6, 6.07) is 1.90. The van der Waals surface area contributed by atoms with Crippen LogP contribution in [0, 0.1) is 6.92 Å². The van der Waals surface area contributed by atoms with E-state index in [-0.39, 0.29) is 12.0 Å². The fourth-order valence-electron chi connectivity index (χ4n) is 2.22. The molecule has 2 rings (SSSR count). The van der Waals surface area contributed by atoms with Crippen LogP contribution < -0.4 is 10.5 Å². The molecular formula is C17H24N4O2. The van der Waals surface area contributed by atoms with Crippen molar-refractivity contribution in [3.63, 3.8) is 0 Å². The van der Waals surface area contributed by atoms with Gasteiger partial charge in [0.15, 0.2) is 11.6 Å². The first-order valence-electron chi connectivity index (χ1n) is 7.80. The number of rotatable bonds is 6. The average molecular weight is 316 g/mol. The number of nitrogens with two attached hydrogens (primary N) is 1. The summed E-state index contributed by atoms with van der Waals surface area (Å²) in [6.45, 7) is 10.5. The Balaban J connectivity index is 2.39. The van der Waals surface area contributed by atoms with Gasteiger partial charge in [0, 0.05) is 24.4 Å². The highest BCUT2D eigenvalue weighted by molar-refractivity contribution is 5.48. The van der Waals surface area contributed by atoms with Crippen LogP contribution in [-0.4, -0.2) is 21.6 Å². The molecule has 0 aliphatic rings. The van der Waals surface area contributed by atoms with E-state index in [9.17, 15) is 0 Å². The Kier molecular flexibility index (Phi) is 5.50. The Morgan fingerprint density at radius 3 is 2.48 bits per heavy atom. The number of hydrogen-bond acceptors (Lipinski definition) is 6. The highest BCUT2D eigenvalue weighted by Gasteiger charge is 2.16. The molecule has 124 valence electrons. The number of hydrogen-bond donors (Lipinski definition) is 1. The van der Waals surface area contributed by atoms with E-state index in [0.29, 0.717) is 29.7 Å². The molecule has 0 saturated carbocycles. The highest BCUT2D eigenvalue weighted by Crippen LogP contribution is 2.33. The highest BCUT2D eigenvalue weighted by atomic mass is 16.5. The topological polar surface area (TPSA) is 83.2 Å². The summed E-state index contributed by atoms with van der Waals surface area (Å²) in [6.07, 6.45) is 3.32. The van der Waals surface area contributed by atoms with Crippen LogP contribution in [0.2, 0.25) is 0 Å². The Morgan fingerprint density at radius 2 is 1.87 bits per heavy atom. The Labute approximate surface area is 137 Å². The molecule has 0 amide bonds. The molecule has 2 aromatic rings. The third kappa shape index (κ3) is 4.16. The van der Waals surface area contributed by atoms with Crippen molar-refractivity contribution >= 4 is 5.82 Å². The van der Waals surface area contributed by atoms with Crippen molar-refractivity contribution < 1.29 is 9.47 Å². The molecular weight excluding hydrogens is 292 g/mol. The third-order valence-electron chi connectivity index (χ3n) is 3.49. The SMILES string of the molecule is CCOC(C)c1cc(Oc2cnc(C)nc2N)c(C(C)C)cn1. The monoisotopic (exact) mass is 316 g/mol. The zero-order valence-corrected chi connectivity index (χ0v) is 14.3. The summed E-state index contributed by atoms with van der Waals surface area (Å²) in [5.74, 6) is 2.35. The average Bonchev–Trinajstić information content (AvgIpc) is 2.50. The van der Waals surface area contributed by atoms with E-state index in [1.165, 1.54) is 0 Å². The number of aromatic nitrogens is 3. The molecule has 2 N–H and O–H groups in total. The number of aryl methyl sites for hydroxylation is 1. The molecule has 0 bridgehead atoms. The van der Waals surface area contributed by atoms with Gasteiger partial charge in [-0.1, -0.05) is 13.8 Å². The minimum atomic E-state index is -0.102. The van der Waals surface area contributed by atoms with E-state index in [1.807, 2.05) is 26.1 Å². The molecule has 1 atom stereocenters. The maximum absolute atomic E-state index is 5.98. The summed E-state index contributed by atoms with van der Waals surface area (Å²) in [4.78, 5) is 12.8. The van der Waals surface area contributed by atoms with E-state index >= 15 is 0 Å². The van der Waals surface area contributed by atoms with Crippen LogP contribution in [0.4, 0.5) is 5.82 Å². The molecule has 6 nitrogen and oxygen atoms in total. The van der Waals surface area contributed by atoms with Gasteiger partial charge in [0.25, 0.3) is 0 Å². The molecule has 0 spiro atoms. The van der Waals surface area contributed by atoms with Gasteiger partial charge in [-0.05, 0) is 26.7 Å². The van der Waals surface area contributed by atoms with Crippen molar-refractivity contribution in [3.8, 4) is 11.5 Å². The number of anilines is 1. The first-order chi connectivity index (χ1) is 10.9. The van der Waals surface area contributed by atoms with Crippen molar-refractivity contribution in [2.24, 2.45) is 0 Å². The second-order valence-corrected chi connectivity index (χ2v) is 5.67. The van der Waals surface area contributed by atoms with Crippen LogP contribution in [0.25, 0.3) is 0 Å². The summed E-state index contributed by atoms with van der Waals surface area (Å²) >= 11 is 0. The maximum Gasteiger partial charge on any atom is 0.187 e. The van der Waals surface area contributed by atoms with Gasteiger partial charge in [0.1, 0.15) is 11.6 Å². The lowest BCUT2D eigenvalue weighted by atomic mass is 10.0. The summed E-state index contributed by atoms with van der Waals surface area (Å²) in [7, 11) is 0. The van der Waals surface area contributed by atoms with Gasteiger partial charge in [-0.3, -0.25) is 4.98 Å². The molecule has 23 heavy (non-hydrogen) atoms. The van der Waals surface area contributed by atoms with Crippen LogP contribution in [0.3, 0.4) is 0 Å². The molecule has 2 heterocycles. The molecule has 2 aromatic heterocycles. The zero-order valence-electron chi connectivity index (χ0n) is 14.3.